The maximum Gasteiger partial charge on any atom is 0.416 e. The molecule has 0 spiro atoms. The van der Waals surface area contributed by atoms with Crippen molar-refractivity contribution in [2.75, 3.05) is 0 Å². The molecule has 2 aromatic heterocycles. The Labute approximate surface area is 167 Å². The molecule has 4 aromatic rings. The van der Waals surface area contributed by atoms with Crippen molar-refractivity contribution >= 4 is 28.3 Å². The van der Waals surface area contributed by atoms with Crippen molar-refractivity contribution in [2.45, 2.75) is 19.1 Å². The van der Waals surface area contributed by atoms with Crippen molar-refractivity contribution in [1.82, 2.24) is 15.3 Å². The van der Waals surface area contributed by atoms with Crippen LogP contribution in [0, 0.1) is 0 Å². The van der Waals surface area contributed by atoms with E-state index in [1.165, 1.54) is 23.5 Å². The van der Waals surface area contributed by atoms with Crippen molar-refractivity contribution in [3.63, 3.8) is 0 Å². The molecule has 1 atom stereocenters. The number of halogens is 3. The summed E-state index contributed by atoms with van der Waals surface area (Å²) in [7, 11) is 0. The van der Waals surface area contributed by atoms with Gasteiger partial charge in [0.05, 0.1) is 11.6 Å². The van der Waals surface area contributed by atoms with Crippen molar-refractivity contribution in [2.24, 2.45) is 0 Å². The molecule has 2 heterocycles. The van der Waals surface area contributed by atoms with Crippen LogP contribution in [0.25, 0.3) is 22.6 Å². The summed E-state index contributed by atoms with van der Waals surface area (Å²) in [6.07, 6.45) is -2.73. The van der Waals surface area contributed by atoms with Gasteiger partial charge in [-0.25, -0.2) is 9.97 Å². The first-order valence-corrected chi connectivity index (χ1v) is 9.48. The number of hydrogen-bond donors (Lipinski definition) is 1. The Hall–Kier alpha value is -3.20. The molecule has 1 N–H and O–H groups in total. The molecular formula is C20H14F3N3O2S. The van der Waals surface area contributed by atoms with Crippen LogP contribution in [0.5, 0.6) is 0 Å². The Balaban J connectivity index is 1.57. The molecule has 29 heavy (non-hydrogen) atoms. The molecule has 5 nitrogen and oxygen atoms in total. The number of alkyl halides is 3. The van der Waals surface area contributed by atoms with Crippen LogP contribution >= 0.6 is 11.3 Å². The predicted octanol–water partition coefficient (Wildman–Crippen LogP) is 5.46. The summed E-state index contributed by atoms with van der Waals surface area (Å²) in [6.45, 7) is 1.84. The number of carbonyl (C=O) groups excluding carboxylic acids is 1. The Morgan fingerprint density at radius 2 is 1.93 bits per heavy atom. The SMILES string of the molecule is C[C@@H](NC(=O)c1ccc2oc(-c3ccc(C(F)(F)F)cc3)nc2c1)c1nccs1. The zero-order valence-corrected chi connectivity index (χ0v) is 15.8. The van der Waals surface area contributed by atoms with Gasteiger partial charge in [0.15, 0.2) is 5.58 Å². The number of nitrogens with one attached hydrogen (secondary N) is 1. The van der Waals surface area contributed by atoms with Gasteiger partial charge in [0.25, 0.3) is 5.91 Å². The number of oxazole rings is 1. The van der Waals surface area contributed by atoms with E-state index in [2.05, 4.69) is 15.3 Å². The lowest BCUT2D eigenvalue weighted by Gasteiger charge is -2.10. The zero-order chi connectivity index (χ0) is 20.6. The highest BCUT2D eigenvalue weighted by Crippen LogP contribution is 2.31. The van der Waals surface area contributed by atoms with Gasteiger partial charge in [-0.3, -0.25) is 4.79 Å². The van der Waals surface area contributed by atoms with E-state index in [1.807, 2.05) is 12.3 Å². The van der Waals surface area contributed by atoms with Crippen molar-refractivity contribution in [3.05, 3.63) is 70.2 Å². The molecule has 0 bridgehead atoms. The van der Waals surface area contributed by atoms with Crippen LogP contribution in [0.4, 0.5) is 13.2 Å². The molecule has 0 radical (unpaired) electrons. The van der Waals surface area contributed by atoms with Gasteiger partial charge in [-0.1, -0.05) is 0 Å². The van der Waals surface area contributed by atoms with Gasteiger partial charge in [-0.05, 0) is 49.4 Å². The molecule has 9 heteroatoms. The van der Waals surface area contributed by atoms with Gasteiger partial charge in [0.1, 0.15) is 10.5 Å². The Bertz CT molecular complexity index is 1150. The number of carbonyl (C=O) groups is 1. The first kappa shape index (κ1) is 19.1. The lowest BCUT2D eigenvalue weighted by molar-refractivity contribution is -0.137. The maximum atomic E-state index is 12.7. The number of hydrogen-bond acceptors (Lipinski definition) is 5. The summed E-state index contributed by atoms with van der Waals surface area (Å²) < 4.78 is 43.8. The fourth-order valence-electron chi connectivity index (χ4n) is 2.78. The first-order valence-electron chi connectivity index (χ1n) is 8.60. The monoisotopic (exact) mass is 417 g/mol. The van der Waals surface area contributed by atoms with Crippen LogP contribution in [0.3, 0.4) is 0 Å². The minimum absolute atomic E-state index is 0.183. The number of amides is 1. The number of fused-ring (bicyclic) bond motifs is 1. The van der Waals surface area contributed by atoms with Crippen molar-refractivity contribution in [1.29, 1.82) is 0 Å². The van der Waals surface area contributed by atoms with E-state index in [4.69, 9.17) is 4.42 Å². The summed E-state index contributed by atoms with van der Waals surface area (Å²) in [5, 5.41) is 5.50. The van der Waals surface area contributed by atoms with E-state index in [-0.39, 0.29) is 17.8 Å². The summed E-state index contributed by atoms with van der Waals surface area (Å²) in [5.74, 6) is -0.101. The highest BCUT2D eigenvalue weighted by molar-refractivity contribution is 7.09. The van der Waals surface area contributed by atoms with E-state index in [0.717, 1.165) is 17.1 Å². The van der Waals surface area contributed by atoms with E-state index < -0.39 is 11.7 Å². The van der Waals surface area contributed by atoms with Crippen LogP contribution < -0.4 is 5.32 Å². The predicted molar refractivity (Wildman–Crippen MR) is 102 cm³/mol. The van der Waals surface area contributed by atoms with Crippen LogP contribution in [0.1, 0.15) is 33.9 Å². The third-order valence-corrected chi connectivity index (χ3v) is 5.24. The van der Waals surface area contributed by atoms with Gasteiger partial charge in [0.2, 0.25) is 5.89 Å². The molecule has 0 saturated carbocycles. The molecule has 1 amide bonds. The van der Waals surface area contributed by atoms with Crippen LogP contribution in [-0.4, -0.2) is 15.9 Å². The lowest BCUT2D eigenvalue weighted by atomic mass is 10.1. The second-order valence-electron chi connectivity index (χ2n) is 6.34. The second kappa shape index (κ2) is 7.32. The van der Waals surface area contributed by atoms with Gasteiger partial charge in [-0.2, -0.15) is 13.2 Å². The van der Waals surface area contributed by atoms with Crippen molar-refractivity contribution in [3.8, 4) is 11.5 Å². The van der Waals surface area contributed by atoms with Gasteiger partial charge in [0, 0.05) is 22.7 Å². The normalized spacial score (nSPS) is 12.8. The van der Waals surface area contributed by atoms with Gasteiger partial charge in [-0.15, -0.1) is 11.3 Å². The topological polar surface area (TPSA) is 68.0 Å². The Morgan fingerprint density at radius 1 is 1.17 bits per heavy atom. The molecule has 4 rings (SSSR count). The van der Waals surface area contributed by atoms with E-state index in [9.17, 15) is 18.0 Å². The third-order valence-electron chi connectivity index (χ3n) is 4.28. The van der Waals surface area contributed by atoms with Crippen molar-refractivity contribution < 1.29 is 22.4 Å². The molecule has 0 aliphatic carbocycles. The Kier molecular flexibility index (Phi) is 4.83. The minimum Gasteiger partial charge on any atom is -0.436 e. The second-order valence-corrected chi connectivity index (χ2v) is 7.27. The molecule has 0 aliphatic rings. The highest BCUT2D eigenvalue weighted by Gasteiger charge is 2.30. The summed E-state index contributed by atoms with van der Waals surface area (Å²) in [6, 6.07) is 9.11. The fraction of sp³-hybridized carbons (Fsp3) is 0.150. The lowest BCUT2D eigenvalue weighted by Crippen LogP contribution is -2.26. The molecule has 0 unspecified atom stereocenters. The van der Waals surface area contributed by atoms with E-state index >= 15 is 0 Å². The molecule has 0 fully saturated rings. The largest absolute Gasteiger partial charge is 0.436 e. The maximum absolute atomic E-state index is 12.7. The zero-order valence-electron chi connectivity index (χ0n) is 15.0. The quantitative estimate of drug-likeness (QED) is 0.479. The fourth-order valence-corrected chi connectivity index (χ4v) is 3.43. The van der Waals surface area contributed by atoms with Crippen LogP contribution in [0.2, 0.25) is 0 Å². The number of aromatic nitrogens is 2. The summed E-state index contributed by atoms with van der Waals surface area (Å²) in [4.78, 5) is 21.0. The summed E-state index contributed by atoms with van der Waals surface area (Å²) in [5.41, 5.74) is 0.940. The van der Waals surface area contributed by atoms with Gasteiger partial charge < -0.3 is 9.73 Å². The average Bonchev–Trinajstić information content (AvgIpc) is 3.36. The molecule has 0 aliphatic heterocycles. The molecule has 2 aromatic carbocycles. The molecular weight excluding hydrogens is 403 g/mol. The smallest absolute Gasteiger partial charge is 0.416 e. The minimum atomic E-state index is -4.40. The number of thiazole rings is 1. The van der Waals surface area contributed by atoms with E-state index in [0.29, 0.717) is 22.2 Å². The first-order chi connectivity index (χ1) is 13.8. The molecule has 0 saturated heterocycles. The van der Waals surface area contributed by atoms with Gasteiger partial charge >= 0.3 is 6.18 Å². The standard InChI is InChI=1S/C20H14F3N3O2S/c1-11(19-24-8-9-29-19)25-17(27)13-4-7-16-15(10-13)26-18(28-16)12-2-5-14(6-3-12)20(21,22)23/h2-11H,1H3,(H,25,27)/t11-/m1/s1. The van der Waals surface area contributed by atoms with Crippen LogP contribution in [-0.2, 0) is 6.18 Å². The third kappa shape index (κ3) is 4.00. The molecule has 148 valence electrons. The Morgan fingerprint density at radius 3 is 2.59 bits per heavy atom. The number of rotatable bonds is 4. The van der Waals surface area contributed by atoms with Crippen LogP contribution in [0.15, 0.2) is 58.5 Å². The average molecular weight is 417 g/mol. The highest BCUT2D eigenvalue weighted by atomic mass is 32.1. The summed E-state index contributed by atoms with van der Waals surface area (Å²) >= 11 is 1.45. The number of benzene rings is 2. The van der Waals surface area contributed by atoms with E-state index in [1.54, 1.807) is 24.4 Å². The number of nitrogens with zero attached hydrogens (tertiary/aromatic N) is 2.